The zero-order valence-electron chi connectivity index (χ0n) is 12.5. The summed E-state index contributed by atoms with van der Waals surface area (Å²) < 4.78 is 0. The number of nitrogens with two attached hydrogens (primary N) is 1. The van der Waals surface area contributed by atoms with E-state index in [1.54, 1.807) is 0 Å². The van der Waals surface area contributed by atoms with Gasteiger partial charge in [-0.25, -0.2) is 0 Å². The molecule has 0 aromatic rings. The molecule has 3 nitrogen and oxygen atoms in total. The Labute approximate surface area is 113 Å². The monoisotopic (exact) mass is 253 g/mol. The molecule has 1 saturated carbocycles. The van der Waals surface area contributed by atoms with Crippen molar-refractivity contribution in [1.29, 1.82) is 0 Å². The summed E-state index contributed by atoms with van der Waals surface area (Å²) in [7, 11) is 4.52. The van der Waals surface area contributed by atoms with Gasteiger partial charge in [0.15, 0.2) is 0 Å². The van der Waals surface area contributed by atoms with E-state index in [0.717, 1.165) is 18.4 Å². The fraction of sp³-hybridized carbons (Fsp3) is 1.00. The zero-order chi connectivity index (χ0) is 13.2. The lowest BCUT2D eigenvalue weighted by Gasteiger charge is -2.41. The normalized spacial score (nSPS) is 26.5. The lowest BCUT2D eigenvalue weighted by atomic mass is 9.90. The van der Waals surface area contributed by atoms with Gasteiger partial charge in [0.2, 0.25) is 0 Å². The molecule has 1 aliphatic heterocycles. The van der Waals surface area contributed by atoms with Crippen LogP contribution in [0, 0.1) is 11.8 Å². The first-order chi connectivity index (χ1) is 8.53. The van der Waals surface area contributed by atoms with Gasteiger partial charge in [0.1, 0.15) is 0 Å². The highest BCUT2D eigenvalue weighted by molar-refractivity contribution is 4.92. The van der Waals surface area contributed by atoms with Crippen molar-refractivity contribution in [2.45, 2.75) is 44.6 Å². The zero-order valence-corrected chi connectivity index (χ0v) is 12.5. The van der Waals surface area contributed by atoms with E-state index < -0.39 is 0 Å². The van der Waals surface area contributed by atoms with Crippen LogP contribution in [0.15, 0.2) is 0 Å². The van der Waals surface area contributed by atoms with Crippen molar-refractivity contribution in [2.75, 3.05) is 40.3 Å². The maximum absolute atomic E-state index is 6.06. The van der Waals surface area contributed by atoms with Gasteiger partial charge < -0.3 is 10.6 Å². The smallest absolute Gasteiger partial charge is 0.0303 e. The van der Waals surface area contributed by atoms with Crippen LogP contribution in [-0.4, -0.2) is 55.6 Å². The Morgan fingerprint density at radius 3 is 2.28 bits per heavy atom. The molecule has 3 heteroatoms. The minimum Gasteiger partial charge on any atom is -0.329 e. The summed E-state index contributed by atoms with van der Waals surface area (Å²) in [6.07, 6.45) is 6.86. The maximum Gasteiger partial charge on any atom is 0.0303 e. The van der Waals surface area contributed by atoms with E-state index in [2.05, 4.69) is 30.8 Å². The molecule has 18 heavy (non-hydrogen) atoms. The van der Waals surface area contributed by atoms with Crippen LogP contribution in [0.4, 0.5) is 0 Å². The SMILES string of the molecule is CN1CCC(CN(C)C(C)(CN)CC2CC2)CC1. The number of nitrogens with zero attached hydrogens (tertiary/aromatic N) is 2. The summed E-state index contributed by atoms with van der Waals surface area (Å²) in [4.78, 5) is 5.00. The van der Waals surface area contributed by atoms with E-state index in [9.17, 15) is 0 Å². The van der Waals surface area contributed by atoms with Gasteiger partial charge in [-0.15, -0.1) is 0 Å². The Bertz CT molecular complexity index is 256. The Hall–Kier alpha value is -0.120. The molecule has 0 radical (unpaired) electrons. The number of likely N-dealkylation sites (N-methyl/N-ethyl adjacent to an activating group) is 1. The average Bonchev–Trinajstić information content (AvgIpc) is 3.15. The lowest BCUT2D eigenvalue weighted by molar-refractivity contribution is 0.0871. The molecule has 1 saturated heterocycles. The minimum atomic E-state index is 0.227. The summed E-state index contributed by atoms with van der Waals surface area (Å²) in [5, 5.41) is 0. The molecule has 2 N–H and O–H groups in total. The molecular formula is C15H31N3. The quantitative estimate of drug-likeness (QED) is 0.783. The molecule has 1 atom stereocenters. The number of rotatable bonds is 6. The predicted octanol–water partition coefficient (Wildman–Crippen LogP) is 1.78. The Morgan fingerprint density at radius 1 is 1.17 bits per heavy atom. The minimum absolute atomic E-state index is 0.227. The van der Waals surface area contributed by atoms with E-state index in [0.29, 0.717) is 0 Å². The second-order valence-electron chi connectivity index (χ2n) is 6.98. The summed E-state index contributed by atoms with van der Waals surface area (Å²) in [5.74, 6) is 1.83. The molecule has 0 spiro atoms. The molecule has 1 unspecified atom stereocenters. The van der Waals surface area contributed by atoms with Crippen LogP contribution in [0.1, 0.15) is 39.0 Å². The fourth-order valence-corrected chi connectivity index (χ4v) is 3.19. The standard InChI is InChI=1S/C15H31N3/c1-15(12-16,10-13-4-5-13)18(3)11-14-6-8-17(2)9-7-14/h13-14H,4-12,16H2,1-3H3. The first kappa shape index (κ1) is 14.3. The first-order valence-corrected chi connectivity index (χ1v) is 7.63. The average molecular weight is 253 g/mol. The summed E-state index contributed by atoms with van der Waals surface area (Å²) in [5.41, 5.74) is 6.29. The van der Waals surface area contributed by atoms with Gasteiger partial charge in [0, 0.05) is 18.6 Å². The molecule has 1 heterocycles. The van der Waals surface area contributed by atoms with Crippen LogP contribution in [-0.2, 0) is 0 Å². The number of likely N-dealkylation sites (tertiary alicyclic amines) is 1. The van der Waals surface area contributed by atoms with Gasteiger partial charge in [-0.3, -0.25) is 4.90 Å². The molecule has 2 aliphatic rings. The third-order valence-corrected chi connectivity index (χ3v) is 5.16. The van der Waals surface area contributed by atoms with Crippen LogP contribution in [0.2, 0.25) is 0 Å². The molecule has 0 bridgehead atoms. The Kier molecular flexibility index (Phi) is 4.68. The summed E-state index contributed by atoms with van der Waals surface area (Å²) in [6, 6.07) is 0. The maximum atomic E-state index is 6.06. The fourth-order valence-electron chi connectivity index (χ4n) is 3.19. The third kappa shape index (κ3) is 3.69. The molecule has 2 fully saturated rings. The Morgan fingerprint density at radius 2 is 1.78 bits per heavy atom. The topological polar surface area (TPSA) is 32.5 Å². The van der Waals surface area contributed by atoms with Gasteiger partial charge in [-0.1, -0.05) is 12.8 Å². The number of hydrogen-bond acceptors (Lipinski definition) is 3. The van der Waals surface area contributed by atoms with E-state index in [4.69, 9.17) is 5.73 Å². The molecule has 0 amide bonds. The molecular weight excluding hydrogens is 222 g/mol. The first-order valence-electron chi connectivity index (χ1n) is 7.63. The van der Waals surface area contributed by atoms with Crippen LogP contribution in [0.3, 0.4) is 0 Å². The van der Waals surface area contributed by atoms with E-state index in [-0.39, 0.29) is 5.54 Å². The van der Waals surface area contributed by atoms with Crippen LogP contribution >= 0.6 is 0 Å². The largest absolute Gasteiger partial charge is 0.329 e. The number of hydrogen-bond donors (Lipinski definition) is 1. The highest BCUT2D eigenvalue weighted by Gasteiger charge is 2.36. The molecule has 2 rings (SSSR count). The van der Waals surface area contributed by atoms with Crippen molar-refractivity contribution in [3.05, 3.63) is 0 Å². The molecule has 1 aliphatic carbocycles. The Balaban J connectivity index is 1.82. The number of piperidine rings is 1. The van der Waals surface area contributed by atoms with Crippen molar-refractivity contribution in [3.63, 3.8) is 0 Å². The van der Waals surface area contributed by atoms with E-state index in [1.165, 1.54) is 51.7 Å². The second-order valence-corrected chi connectivity index (χ2v) is 6.98. The summed E-state index contributed by atoms with van der Waals surface area (Å²) >= 11 is 0. The second kappa shape index (κ2) is 5.89. The van der Waals surface area contributed by atoms with Crippen LogP contribution < -0.4 is 5.73 Å². The summed E-state index contributed by atoms with van der Waals surface area (Å²) in [6.45, 7) is 6.92. The molecule has 0 aromatic heterocycles. The van der Waals surface area contributed by atoms with E-state index >= 15 is 0 Å². The third-order valence-electron chi connectivity index (χ3n) is 5.16. The predicted molar refractivity (Wildman–Crippen MR) is 77.7 cm³/mol. The van der Waals surface area contributed by atoms with Crippen LogP contribution in [0.25, 0.3) is 0 Å². The van der Waals surface area contributed by atoms with Gasteiger partial charge >= 0.3 is 0 Å². The van der Waals surface area contributed by atoms with Crippen molar-refractivity contribution in [3.8, 4) is 0 Å². The van der Waals surface area contributed by atoms with Crippen LogP contribution in [0.5, 0.6) is 0 Å². The van der Waals surface area contributed by atoms with Gasteiger partial charge in [-0.05, 0) is 65.2 Å². The molecule has 106 valence electrons. The highest BCUT2D eigenvalue weighted by Crippen LogP contribution is 2.38. The van der Waals surface area contributed by atoms with Gasteiger partial charge in [0.05, 0.1) is 0 Å². The lowest BCUT2D eigenvalue weighted by Crippen LogP contribution is -2.52. The van der Waals surface area contributed by atoms with Gasteiger partial charge in [0.25, 0.3) is 0 Å². The van der Waals surface area contributed by atoms with Crippen molar-refractivity contribution >= 4 is 0 Å². The molecule has 0 aromatic carbocycles. The van der Waals surface area contributed by atoms with Crippen molar-refractivity contribution < 1.29 is 0 Å². The van der Waals surface area contributed by atoms with E-state index in [1.807, 2.05) is 0 Å². The van der Waals surface area contributed by atoms with Crippen molar-refractivity contribution in [1.82, 2.24) is 9.80 Å². The van der Waals surface area contributed by atoms with Gasteiger partial charge in [-0.2, -0.15) is 0 Å². The van der Waals surface area contributed by atoms with Crippen molar-refractivity contribution in [2.24, 2.45) is 17.6 Å². The highest BCUT2D eigenvalue weighted by atomic mass is 15.2.